The predicted octanol–water partition coefficient (Wildman–Crippen LogP) is 8.83. The van der Waals surface area contributed by atoms with Crippen LogP contribution in [0.1, 0.15) is 37.2 Å². The Morgan fingerprint density at radius 1 is 0.800 bits per heavy atom. The fraction of sp³-hybridized carbons (Fsp3) is 0.154. The third-order valence-corrected chi connectivity index (χ3v) is 6.73. The van der Waals surface area contributed by atoms with E-state index in [-0.39, 0.29) is 32.2 Å². The molecular formula is C26H20Cl4F2N4O4. The van der Waals surface area contributed by atoms with E-state index in [1.54, 1.807) is 32.2 Å². The number of nitrogen functional groups attached to an aromatic ring is 1. The van der Waals surface area contributed by atoms with Gasteiger partial charge in [0.2, 0.25) is 5.75 Å². The molecule has 0 fully saturated rings. The molecule has 0 radical (unpaired) electrons. The topological polar surface area (TPSA) is 113 Å². The largest absolute Gasteiger partial charge is 0.482 e. The molecule has 2 heterocycles. The van der Waals surface area contributed by atoms with Crippen molar-refractivity contribution in [2.75, 3.05) is 5.73 Å². The van der Waals surface area contributed by atoms with Crippen molar-refractivity contribution < 1.29 is 23.2 Å². The van der Waals surface area contributed by atoms with Gasteiger partial charge < -0.3 is 25.3 Å². The third kappa shape index (κ3) is 7.39. The summed E-state index contributed by atoms with van der Waals surface area (Å²) in [4.78, 5) is 17.7. The van der Waals surface area contributed by atoms with E-state index in [0.29, 0.717) is 16.3 Å². The molecule has 4 rings (SSSR count). The highest BCUT2D eigenvalue weighted by Crippen LogP contribution is 2.37. The number of benzene rings is 2. The number of hydrogen-bond acceptors (Lipinski definition) is 7. The molecule has 0 unspecified atom stereocenters. The maximum Gasteiger partial charge on any atom is 0.406 e. The van der Waals surface area contributed by atoms with Gasteiger partial charge in [-0.25, -0.2) is 13.8 Å². The number of nitrogens with two attached hydrogens (primary N) is 1. The zero-order valence-corrected chi connectivity index (χ0v) is 23.8. The van der Waals surface area contributed by atoms with Crippen LogP contribution in [-0.4, -0.2) is 14.9 Å². The second kappa shape index (κ2) is 13.8. The van der Waals surface area contributed by atoms with E-state index in [1.165, 1.54) is 36.5 Å². The van der Waals surface area contributed by atoms with Gasteiger partial charge in [-0.3, -0.25) is 0 Å². The Morgan fingerprint density at radius 3 is 1.73 bits per heavy atom. The first-order valence-electron chi connectivity index (χ1n) is 11.3. The van der Waals surface area contributed by atoms with Gasteiger partial charge >= 0.3 is 5.82 Å². The van der Waals surface area contributed by atoms with E-state index in [0.717, 1.165) is 6.07 Å². The Labute approximate surface area is 247 Å². The maximum atomic E-state index is 13.5. The molecule has 2 aromatic heterocycles. The van der Waals surface area contributed by atoms with E-state index in [1.807, 2.05) is 0 Å². The first-order chi connectivity index (χ1) is 18.9. The van der Waals surface area contributed by atoms with Crippen molar-refractivity contribution in [2.45, 2.75) is 26.1 Å². The summed E-state index contributed by atoms with van der Waals surface area (Å²) in [6.07, 6.45) is 1.48. The number of hydrogen-bond donors (Lipinski definition) is 1. The van der Waals surface area contributed by atoms with E-state index in [2.05, 4.69) is 9.97 Å². The Morgan fingerprint density at radius 2 is 1.25 bits per heavy atom. The van der Waals surface area contributed by atoms with Crippen LogP contribution in [0.25, 0.3) is 0 Å². The van der Waals surface area contributed by atoms with Crippen LogP contribution in [-0.2, 0) is 0 Å². The summed E-state index contributed by atoms with van der Waals surface area (Å²) in [5.74, 6) is -1.04. The first-order valence-corrected chi connectivity index (χ1v) is 12.8. The fourth-order valence-corrected chi connectivity index (χ4v) is 4.80. The smallest absolute Gasteiger partial charge is 0.406 e. The summed E-state index contributed by atoms with van der Waals surface area (Å²) in [6, 6.07) is 11.4. The van der Waals surface area contributed by atoms with Gasteiger partial charge in [-0.1, -0.05) is 46.4 Å². The van der Waals surface area contributed by atoms with Crippen molar-refractivity contribution in [3.05, 3.63) is 114 Å². The molecule has 210 valence electrons. The van der Waals surface area contributed by atoms with Crippen LogP contribution in [0.5, 0.6) is 11.5 Å². The molecule has 0 aliphatic carbocycles. The number of aromatic nitrogens is 2. The van der Waals surface area contributed by atoms with Crippen LogP contribution < -0.4 is 15.2 Å². The molecular weight excluding hydrogens is 612 g/mol. The minimum absolute atomic E-state index is 0.0496. The van der Waals surface area contributed by atoms with Crippen molar-refractivity contribution in [3.63, 3.8) is 0 Å². The quantitative estimate of drug-likeness (QED) is 0.123. The lowest BCUT2D eigenvalue weighted by Crippen LogP contribution is -2.07. The average Bonchev–Trinajstić information content (AvgIpc) is 2.91. The molecule has 0 bridgehead atoms. The summed E-state index contributed by atoms with van der Waals surface area (Å²) in [6.45, 7) is 3.27. The molecule has 2 aromatic carbocycles. The van der Waals surface area contributed by atoms with Crippen LogP contribution in [0.3, 0.4) is 0 Å². The Bertz CT molecular complexity index is 1530. The normalized spacial score (nSPS) is 12.1. The molecule has 0 saturated heterocycles. The van der Waals surface area contributed by atoms with Gasteiger partial charge in [0.1, 0.15) is 30.0 Å². The molecule has 4 aromatic rings. The number of anilines is 1. The number of rotatable bonds is 7. The maximum absolute atomic E-state index is 13.5. The third-order valence-electron chi connectivity index (χ3n) is 5.30. The monoisotopic (exact) mass is 630 g/mol. The highest BCUT2D eigenvalue weighted by atomic mass is 35.5. The van der Waals surface area contributed by atoms with Gasteiger partial charge in [0.25, 0.3) is 0 Å². The molecule has 2 N–H and O–H groups in total. The SMILES string of the molecule is C[C@H](Oc1cccnc1N)c1c(Cl)ccc(F)c1Cl.C[C@H](Oc1cccnc1[N+](=O)[O-])c1c(Cl)ccc(F)c1Cl. The highest BCUT2D eigenvalue weighted by molar-refractivity contribution is 6.36. The Balaban J connectivity index is 0.000000222. The zero-order valence-electron chi connectivity index (χ0n) is 20.7. The standard InChI is InChI=1S/C13H9Cl2FN2O3.C13H11Cl2FN2O/c1-7(11-8(14)4-5-9(16)12(11)15)21-10-3-2-6-17-13(10)18(19)20;1-7(19-10-3-2-6-18-13(10)17)11-8(14)4-5-9(16)12(11)15/h2-7H,1H3;2-7H,1H3,(H2,17,18)/t2*7-/m00/s1. The van der Waals surface area contributed by atoms with Crippen molar-refractivity contribution >= 4 is 58.0 Å². The second-order valence-electron chi connectivity index (χ2n) is 8.00. The minimum atomic E-state index is -0.788. The Kier molecular flexibility index (Phi) is 10.7. The molecule has 8 nitrogen and oxygen atoms in total. The minimum Gasteiger partial charge on any atom is -0.482 e. The highest BCUT2D eigenvalue weighted by Gasteiger charge is 2.23. The van der Waals surface area contributed by atoms with Crippen LogP contribution in [0.15, 0.2) is 60.9 Å². The molecule has 40 heavy (non-hydrogen) atoms. The van der Waals surface area contributed by atoms with Gasteiger partial charge in [0.15, 0.2) is 11.6 Å². The summed E-state index contributed by atoms with van der Waals surface area (Å²) in [5, 5.41) is 11.2. The van der Waals surface area contributed by atoms with Gasteiger partial charge in [0, 0.05) is 27.4 Å². The van der Waals surface area contributed by atoms with E-state index < -0.39 is 34.6 Å². The van der Waals surface area contributed by atoms with Crippen molar-refractivity contribution in [2.24, 2.45) is 0 Å². The lowest BCUT2D eigenvalue weighted by atomic mass is 10.1. The van der Waals surface area contributed by atoms with E-state index in [9.17, 15) is 18.9 Å². The molecule has 0 saturated carbocycles. The van der Waals surface area contributed by atoms with Gasteiger partial charge in [0.05, 0.1) is 10.0 Å². The molecule has 0 spiro atoms. The molecule has 0 aliphatic rings. The van der Waals surface area contributed by atoms with Crippen molar-refractivity contribution in [1.82, 2.24) is 9.97 Å². The predicted molar refractivity (Wildman–Crippen MR) is 150 cm³/mol. The van der Waals surface area contributed by atoms with E-state index >= 15 is 0 Å². The lowest BCUT2D eigenvalue weighted by Gasteiger charge is -2.18. The van der Waals surface area contributed by atoms with Gasteiger partial charge in [-0.2, -0.15) is 0 Å². The van der Waals surface area contributed by atoms with Crippen LogP contribution in [0.4, 0.5) is 20.4 Å². The van der Waals surface area contributed by atoms with Crippen LogP contribution in [0.2, 0.25) is 20.1 Å². The second-order valence-corrected chi connectivity index (χ2v) is 9.57. The summed E-state index contributed by atoms with van der Waals surface area (Å²) >= 11 is 23.8. The number of nitrogens with zero attached hydrogens (tertiary/aromatic N) is 3. The zero-order chi connectivity index (χ0) is 29.6. The number of pyridine rings is 2. The average molecular weight is 632 g/mol. The van der Waals surface area contributed by atoms with Gasteiger partial charge in [-0.15, -0.1) is 0 Å². The summed E-state index contributed by atoms with van der Waals surface area (Å²) in [7, 11) is 0. The van der Waals surface area contributed by atoms with Crippen molar-refractivity contribution in [3.8, 4) is 11.5 Å². The number of halogens is 6. The van der Waals surface area contributed by atoms with E-state index in [4.69, 9.17) is 61.6 Å². The van der Waals surface area contributed by atoms with Crippen LogP contribution in [0, 0.1) is 21.7 Å². The molecule has 2 atom stereocenters. The first kappa shape index (κ1) is 31.1. The Hall–Kier alpha value is -3.44. The molecule has 14 heteroatoms. The fourth-order valence-electron chi connectivity index (χ4n) is 3.44. The lowest BCUT2D eigenvalue weighted by molar-refractivity contribution is -0.390. The van der Waals surface area contributed by atoms with Gasteiger partial charge in [-0.05, 0) is 72.3 Å². The number of nitro groups is 1. The summed E-state index contributed by atoms with van der Waals surface area (Å²) in [5.41, 5.74) is 6.28. The number of ether oxygens (including phenoxy) is 2. The molecule has 0 aliphatic heterocycles. The summed E-state index contributed by atoms with van der Waals surface area (Å²) < 4.78 is 38.0. The van der Waals surface area contributed by atoms with Crippen molar-refractivity contribution in [1.29, 1.82) is 0 Å². The van der Waals surface area contributed by atoms with Crippen LogP contribution >= 0.6 is 46.4 Å². The molecule has 0 amide bonds.